The molecule has 2 N–H and O–H groups in total. The van der Waals surface area contributed by atoms with Gasteiger partial charge in [-0.15, -0.1) is 0 Å². The SMILES string of the molecule is COc1cccc(F)c1C(C)(O)C(F)C(=O)O. The molecule has 1 aromatic carbocycles. The number of methoxy groups -OCH3 is 1. The van der Waals surface area contributed by atoms with Crippen molar-refractivity contribution >= 4 is 5.97 Å². The standard InChI is InChI=1S/C11H12F2O4/c1-11(16,9(13)10(14)15)8-6(12)4-3-5-7(8)17-2/h3-5,9,16H,1-2H3,(H,14,15). The first kappa shape index (κ1) is 13.4. The summed E-state index contributed by atoms with van der Waals surface area (Å²) in [6.07, 6.45) is -2.66. The van der Waals surface area contributed by atoms with Gasteiger partial charge in [-0.2, -0.15) is 0 Å². The number of carboxylic acids is 1. The largest absolute Gasteiger partial charge is 0.496 e. The Kier molecular flexibility index (Phi) is 3.67. The fourth-order valence-corrected chi connectivity index (χ4v) is 1.53. The second-order valence-corrected chi connectivity index (χ2v) is 3.67. The van der Waals surface area contributed by atoms with Crippen LogP contribution in [0.15, 0.2) is 18.2 Å². The minimum atomic E-state index is -2.66. The summed E-state index contributed by atoms with van der Waals surface area (Å²) >= 11 is 0. The van der Waals surface area contributed by atoms with Crippen LogP contribution in [0.4, 0.5) is 8.78 Å². The Balaban J connectivity index is 3.36. The number of ether oxygens (including phenoxy) is 1. The summed E-state index contributed by atoms with van der Waals surface area (Å²) in [6, 6.07) is 3.60. The van der Waals surface area contributed by atoms with Crippen LogP contribution in [0, 0.1) is 5.82 Å². The van der Waals surface area contributed by atoms with Crippen LogP contribution in [0.3, 0.4) is 0 Å². The maximum Gasteiger partial charge on any atom is 0.341 e. The lowest BCUT2D eigenvalue weighted by Crippen LogP contribution is -2.40. The van der Waals surface area contributed by atoms with E-state index in [-0.39, 0.29) is 5.75 Å². The number of halogens is 2. The van der Waals surface area contributed by atoms with Gasteiger partial charge in [0, 0.05) is 0 Å². The maximum atomic E-state index is 13.6. The second kappa shape index (κ2) is 4.67. The summed E-state index contributed by atoms with van der Waals surface area (Å²) in [4.78, 5) is 10.5. The zero-order valence-corrected chi connectivity index (χ0v) is 9.28. The third-order valence-corrected chi connectivity index (χ3v) is 2.41. The number of benzene rings is 1. The number of aliphatic hydroxyl groups is 1. The lowest BCUT2D eigenvalue weighted by atomic mass is 9.89. The van der Waals surface area contributed by atoms with Crippen molar-refractivity contribution in [3.63, 3.8) is 0 Å². The molecule has 0 saturated heterocycles. The summed E-state index contributed by atoms with van der Waals surface area (Å²) in [5.74, 6) is -2.92. The third-order valence-electron chi connectivity index (χ3n) is 2.41. The summed E-state index contributed by atoms with van der Waals surface area (Å²) in [7, 11) is 1.21. The van der Waals surface area contributed by atoms with Crippen LogP contribution >= 0.6 is 0 Å². The zero-order valence-electron chi connectivity index (χ0n) is 9.28. The molecule has 0 aliphatic heterocycles. The number of carboxylic acid groups (broad SMARTS) is 1. The topological polar surface area (TPSA) is 66.8 Å². The minimum Gasteiger partial charge on any atom is -0.496 e. The molecule has 0 radical (unpaired) electrons. The van der Waals surface area contributed by atoms with E-state index in [1.165, 1.54) is 19.2 Å². The van der Waals surface area contributed by atoms with Crippen LogP contribution in [0.1, 0.15) is 12.5 Å². The van der Waals surface area contributed by atoms with E-state index in [4.69, 9.17) is 9.84 Å². The average Bonchev–Trinajstić information content (AvgIpc) is 2.26. The first-order valence-corrected chi connectivity index (χ1v) is 4.74. The highest BCUT2D eigenvalue weighted by atomic mass is 19.1. The number of alkyl halides is 1. The van der Waals surface area contributed by atoms with Crippen molar-refractivity contribution in [2.24, 2.45) is 0 Å². The van der Waals surface area contributed by atoms with Crippen molar-refractivity contribution < 1.29 is 28.5 Å². The quantitative estimate of drug-likeness (QED) is 0.844. The molecule has 0 amide bonds. The van der Waals surface area contributed by atoms with Gasteiger partial charge in [-0.25, -0.2) is 13.6 Å². The van der Waals surface area contributed by atoms with Gasteiger partial charge in [-0.1, -0.05) is 6.07 Å². The molecule has 2 unspecified atom stereocenters. The molecule has 0 aromatic heterocycles. The van der Waals surface area contributed by atoms with Gasteiger partial charge in [0.15, 0.2) is 0 Å². The van der Waals surface area contributed by atoms with Crippen molar-refractivity contribution in [1.29, 1.82) is 0 Å². The fourth-order valence-electron chi connectivity index (χ4n) is 1.53. The zero-order chi connectivity index (χ0) is 13.2. The molecule has 2 atom stereocenters. The van der Waals surface area contributed by atoms with Crippen molar-refractivity contribution in [1.82, 2.24) is 0 Å². The second-order valence-electron chi connectivity index (χ2n) is 3.67. The van der Waals surface area contributed by atoms with Crippen LogP contribution in [0.5, 0.6) is 5.75 Å². The van der Waals surface area contributed by atoms with Gasteiger partial charge in [-0.05, 0) is 19.1 Å². The van der Waals surface area contributed by atoms with Gasteiger partial charge in [0.25, 0.3) is 0 Å². The predicted octanol–water partition coefficient (Wildman–Crippen LogP) is 1.46. The minimum absolute atomic E-state index is 0.112. The monoisotopic (exact) mass is 246 g/mol. The lowest BCUT2D eigenvalue weighted by Gasteiger charge is -2.27. The Morgan fingerprint density at radius 2 is 2.12 bits per heavy atom. The molecule has 0 aliphatic carbocycles. The smallest absolute Gasteiger partial charge is 0.341 e. The highest BCUT2D eigenvalue weighted by Crippen LogP contribution is 2.35. The van der Waals surface area contributed by atoms with E-state index in [0.717, 1.165) is 13.0 Å². The van der Waals surface area contributed by atoms with E-state index in [0.29, 0.717) is 0 Å². The average molecular weight is 246 g/mol. The van der Waals surface area contributed by atoms with Gasteiger partial charge in [0.2, 0.25) is 6.17 Å². The number of carbonyl (C=O) groups is 1. The van der Waals surface area contributed by atoms with Crippen molar-refractivity contribution in [3.8, 4) is 5.75 Å². The lowest BCUT2D eigenvalue weighted by molar-refractivity contribution is -0.154. The van der Waals surface area contributed by atoms with Crippen molar-refractivity contribution in [2.75, 3.05) is 7.11 Å². The van der Waals surface area contributed by atoms with Gasteiger partial charge in [0.05, 0.1) is 12.7 Å². The molecule has 0 bridgehead atoms. The molecule has 1 rings (SSSR count). The van der Waals surface area contributed by atoms with E-state index in [1.807, 2.05) is 0 Å². The first-order chi connectivity index (χ1) is 7.82. The first-order valence-electron chi connectivity index (χ1n) is 4.74. The van der Waals surface area contributed by atoms with Crippen molar-refractivity contribution in [2.45, 2.75) is 18.7 Å². The molecule has 17 heavy (non-hydrogen) atoms. The van der Waals surface area contributed by atoms with Gasteiger partial charge in [-0.3, -0.25) is 0 Å². The number of hydrogen-bond donors (Lipinski definition) is 2. The molecule has 0 heterocycles. The summed E-state index contributed by atoms with van der Waals surface area (Å²) < 4.78 is 31.8. The highest BCUT2D eigenvalue weighted by Gasteiger charge is 2.43. The molecular formula is C11H12F2O4. The molecule has 0 fully saturated rings. The number of aliphatic carboxylic acids is 1. The molecule has 1 aromatic rings. The fraction of sp³-hybridized carbons (Fsp3) is 0.364. The Hall–Kier alpha value is -1.69. The van der Waals surface area contributed by atoms with Crippen LogP contribution < -0.4 is 4.74 Å². The Morgan fingerprint density at radius 3 is 2.59 bits per heavy atom. The van der Waals surface area contributed by atoms with E-state index in [9.17, 15) is 18.7 Å². The maximum absolute atomic E-state index is 13.6. The van der Waals surface area contributed by atoms with Crippen LogP contribution in [0.25, 0.3) is 0 Å². The van der Waals surface area contributed by atoms with Crippen LogP contribution in [-0.4, -0.2) is 29.5 Å². The van der Waals surface area contributed by atoms with E-state index >= 15 is 0 Å². The van der Waals surface area contributed by atoms with Crippen LogP contribution in [-0.2, 0) is 10.4 Å². The van der Waals surface area contributed by atoms with Gasteiger partial charge >= 0.3 is 5.97 Å². The van der Waals surface area contributed by atoms with Crippen molar-refractivity contribution in [3.05, 3.63) is 29.6 Å². The van der Waals surface area contributed by atoms with E-state index < -0.39 is 29.1 Å². The van der Waals surface area contributed by atoms with E-state index in [2.05, 4.69) is 0 Å². The summed E-state index contributed by atoms with van der Waals surface area (Å²) in [5, 5.41) is 18.4. The number of rotatable bonds is 4. The third kappa shape index (κ3) is 2.36. The number of hydrogen-bond acceptors (Lipinski definition) is 3. The molecule has 4 nitrogen and oxygen atoms in total. The summed E-state index contributed by atoms with van der Waals surface area (Å²) in [5.41, 5.74) is -3.03. The molecule has 0 saturated carbocycles. The molecule has 6 heteroatoms. The predicted molar refractivity (Wildman–Crippen MR) is 55.1 cm³/mol. The summed E-state index contributed by atoms with van der Waals surface area (Å²) in [6.45, 7) is 0.882. The Bertz CT molecular complexity index is 431. The molecule has 0 aliphatic rings. The Morgan fingerprint density at radius 1 is 1.53 bits per heavy atom. The molecule has 0 spiro atoms. The molecular weight excluding hydrogens is 234 g/mol. The normalized spacial score (nSPS) is 16.1. The molecule has 94 valence electrons. The highest BCUT2D eigenvalue weighted by molar-refractivity contribution is 5.74. The van der Waals surface area contributed by atoms with Gasteiger partial charge in [0.1, 0.15) is 17.2 Å². The van der Waals surface area contributed by atoms with E-state index in [1.54, 1.807) is 0 Å². The Labute approximate surface area is 96.5 Å². The van der Waals surface area contributed by atoms with Crippen LogP contribution in [0.2, 0.25) is 0 Å². The van der Waals surface area contributed by atoms with Gasteiger partial charge < -0.3 is 14.9 Å².